The van der Waals surface area contributed by atoms with Crippen molar-refractivity contribution in [2.24, 2.45) is 5.73 Å². The zero-order valence-corrected chi connectivity index (χ0v) is 10.4. The number of nitrogens with two attached hydrogens (primary N) is 1. The fourth-order valence-corrected chi connectivity index (χ4v) is 2.30. The second-order valence-electron chi connectivity index (χ2n) is 4.82. The monoisotopic (exact) mass is 230 g/mol. The van der Waals surface area contributed by atoms with Crippen LogP contribution in [0.1, 0.15) is 24.3 Å². The van der Waals surface area contributed by atoms with Crippen LogP contribution in [0.15, 0.2) is 43.0 Å². The Bertz CT molecular complexity index is 343. The number of hydrogen-bond donors (Lipinski definition) is 1. The van der Waals surface area contributed by atoms with E-state index in [4.69, 9.17) is 5.73 Å². The van der Waals surface area contributed by atoms with Crippen LogP contribution in [0, 0.1) is 0 Å². The molecule has 0 amide bonds. The highest BCUT2D eigenvalue weighted by Gasteiger charge is 2.29. The number of benzene rings is 1. The van der Waals surface area contributed by atoms with Crippen LogP contribution < -0.4 is 5.73 Å². The highest BCUT2D eigenvalue weighted by atomic mass is 15.2. The lowest BCUT2D eigenvalue weighted by atomic mass is 9.98. The quantitative estimate of drug-likeness (QED) is 0.729. The minimum absolute atomic E-state index is 0.441. The van der Waals surface area contributed by atoms with Gasteiger partial charge < -0.3 is 5.73 Å². The Kier molecular flexibility index (Phi) is 4.35. The molecule has 0 bridgehead atoms. The van der Waals surface area contributed by atoms with Gasteiger partial charge in [0.1, 0.15) is 0 Å². The van der Waals surface area contributed by atoms with Gasteiger partial charge in [-0.15, -0.1) is 6.58 Å². The van der Waals surface area contributed by atoms with Gasteiger partial charge in [0, 0.05) is 31.6 Å². The molecule has 0 radical (unpaired) electrons. The maximum atomic E-state index is 5.92. The summed E-state index contributed by atoms with van der Waals surface area (Å²) in [5.74, 6) is 0.441. The molecule has 0 saturated heterocycles. The molecule has 1 aliphatic carbocycles. The molecule has 1 saturated carbocycles. The molecule has 1 unspecified atom stereocenters. The first-order valence-corrected chi connectivity index (χ1v) is 6.45. The van der Waals surface area contributed by atoms with Crippen LogP contribution in [0.25, 0.3) is 0 Å². The van der Waals surface area contributed by atoms with Crippen molar-refractivity contribution in [3.8, 4) is 0 Å². The van der Waals surface area contributed by atoms with Gasteiger partial charge in [0.15, 0.2) is 0 Å². The standard InChI is InChI=1S/C15H22N2/c1-2-10-17(15-8-9-15)12-14(11-16)13-6-4-3-5-7-13/h2-7,14-15H,1,8-12,16H2. The molecule has 2 nitrogen and oxygen atoms in total. The zero-order valence-electron chi connectivity index (χ0n) is 10.4. The fourth-order valence-electron chi connectivity index (χ4n) is 2.30. The third-order valence-electron chi connectivity index (χ3n) is 3.44. The summed E-state index contributed by atoms with van der Waals surface area (Å²) in [6.45, 7) is 6.59. The molecule has 0 aliphatic heterocycles. The van der Waals surface area contributed by atoms with Crippen molar-refractivity contribution in [1.29, 1.82) is 0 Å². The summed E-state index contributed by atoms with van der Waals surface area (Å²) >= 11 is 0. The van der Waals surface area contributed by atoms with Gasteiger partial charge in [0.05, 0.1) is 0 Å². The number of hydrogen-bond acceptors (Lipinski definition) is 2. The molecule has 0 aromatic heterocycles. The van der Waals surface area contributed by atoms with E-state index in [1.165, 1.54) is 18.4 Å². The Balaban J connectivity index is 2.00. The Morgan fingerprint density at radius 1 is 1.35 bits per heavy atom. The average Bonchev–Trinajstić information content (AvgIpc) is 3.20. The highest BCUT2D eigenvalue weighted by molar-refractivity contribution is 5.20. The van der Waals surface area contributed by atoms with Crippen LogP contribution in [-0.2, 0) is 0 Å². The smallest absolute Gasteiger partial charge is 0.0163 e. The van der Waals surface area contributed by atoms with Crippen LogP contribution in [0.3, 0.4) is 0 Å². The van der Waals surface area contributed by atoms with Crippen molar-refractivity contribution >= 4 is 0 Å². The van der Waals surface area contributed by atoms with E-state index in [0.717, 1.165) is 19.1 Å². The summed E-state index contributed by atoms with van der Waals surface area (Å²) in [6, 6.07) is 11.4. The van der Waals surface area contributed by atoms with E-state index < -0.39 is 0 Å². The van der Waals surface area contributed by atoms with E-state index in [1.54, 1.807) is 0 Å². The van der Waals surface area contributed by atoms with E-state index >= 15 is 0 Å². The summed E-state index contributed by atoms with van der Waals surface area (Å²) in [7, 11) is 0. The molecular formula is C15H22N2. The second-order valence-corrected chi connectivity index (χ2v) is 4.82. The van der Waals surface area contributed by atoms with Gasteiger partial charge >= 0.3 is 0 Å². The normalized spacial score (nSPS) is 17.1. The maximum Gasteiger partial charge on any atom is 0.0163 e. The molecule has 2 rings (SSSR count). The predicted octanol–water partition coefficient (Wildman–Crippen LogP) is 2.38. The Hall–Kier alpha value is -1.12. The molecule has 1 aromatic carbocycles. The lowest BCUT2D eigenvalue weighted by molar-refractivity contribution is 0.273. The summed E-state index contributed by atoms with van der Waals surface area (Å²) in [6.07, 6.45) is 4.66. The molecule has 1 atom stereocenters. The highest BCUT2D eigenvalue weighted by Crippen LogP contribution is 2.29. The number of nitrogens with zero attached hydrogens (tertiary/aromatic N) is 1. The molecule has 0 heterocycles. The largest absolute Gasteiger partial charge is 0.330 e. The first kappa shape index (κ1) is 12.3. The summed E-state index contributed by atoms with van der Waals surface area (Å²) in [4.78, 5) is 2.51. The van der Waals surface area contributed by atoms with Crippen LogP contribution in [0.2, 0.25) is 0 Å². The first-order chi connectivity index (χ1) is 8.35. The van der Waals surface area contributed by atoms with Gasteiger partial charge in [-0.2, -0.15) is 0 Å². The fraction of sp³-hybridized carbons (Fsp3) is 0.467. The first-order valence-electron chi connectivity index (χ1n) is 6.45. The summed E-state index contributed by atoms with van der Waals surface area (Å²) < 4.78 is 0. The molecule has 0 spiro atoms. The molecule has 17 heavy (non-hydrogen) atoms. The second kappa shape index (κ2) is 5.99. The topological polar surface area (TPSA) is 29.3 Å². The minimum Gasteiger partial charge on any atom is -0.330 e. The summed E-state index contributed by atoms with van der Waals surface area (Å²) in [5.41, 5.74) is 7.27. The zero-order chi connectivity index (χ0) is 12.1. The SMILES string of the molecule is C=CCN(CC(CN)c1ccccc1)C1CC1. The molecule has 2 N–H and O–H groups in total. The van der Waals surface area contributed by atoms with Crippen LogP contribution in [0.4, 0.5) is 0 Å². The molecule has 1 aromatic rings. The van der Waals surface area contributed by atoms with E-state index in [9.17, 15) is 0 Å². The third-order valence-corrected chi connectivity index (χ3v) is 3.44. The number of rotatable bonds is 7. The average molecular weight is 230 g/mol. The van der Waals surface area contributed by atoms with Crippen molar-refractivity contribution in [2.75, 3.05) is 19.6 Å². The van der Waals surface area contributed by atoms with Gasteiger partial charge in [-0.05, 0) is 18.4 Å². The van der Waals surface area contributed by atoms with Crippen molar-refractivity contribution in [1.82, 2.24) is 4.90 Å². The predicted molar refractivity (Wildman–Crippen MR) is 73.0 cm³/mol. The maximum absolute atomic E-state index is 5.92. The Morgan fingerprint density at radius 3 is 2.59 bits per heavy atom. The van der Waals surface area contributed by atoms with E-state index in [0.29, 0.717) is 12.5 Å². The van der Waals surface area contributed by atoms with Crippen LogP contribution in [0.5, 0.6) is 0 Å². The Labute approximate surface area is 104 Å². The lowest BCUT2D eigenvalue weighted by Gasteiger charge is -2.26. The van der Waals surface area contributed by atoms with E-state index in [1.807, 2.05) is 6.08 Å². The van der Waals surface area contributed by atoms with Gasteiger partial charge in [0.25, 0.3) is 0 Å². The van der Waals surface area contributed by atoms with Gasteiger partial charge in [-0.25, -0.2) is 0 Å². The van der Waals surface area contributed by atoms with E-state index in [-0.39, 0.29) is 0 Å². The van der Waals surface area contributed by atoms with Crippen molar-refractivity contribution < 1.29 is 0 Å². The lowest BCUT2D eigenvalue weighted by Crippen LogP contribution is -2.33. The van der Waals surface area contributed by atoms with Gasteiger partial charge in [0.2, 0.25) is 0 Å². The molecule has 1 fully saturated rings. The molecule has 1 aliphatic rings. The third kappa shape index (κ3) is 3.42. The molecule has 2 heteroatoms. The van der Waals surface area contributed by atoms with Crippen molar-refractivity contribution in [3.05, 3.63) is 48.6 Å². The van der Waals surface area contributed by atoms with Crippen molar-refractivity contribution in [3.63, 3.8) is 0 Å². The minimum atomic E-state index is 0.441. The van der Waals surface area contributed by atoms with Gasteiger partial charge in [-0.1, -0.05) is 36.4 Å². The van der Waals surface area contributed by atoms with Crippen molar-refractivity contribution in [2.45, 2.75) is 24.8 Å². The summed E-state index contributed by atoms with van der Waals surface area (Å²) in [5, 5.41) is 0. The molecule has 92 valence electrons. The van der Waals surface area contributed by atoms with Crippen LogP contribution in [-0.4, -0.2) is 30.6 Å². The van der Waals surface area contributed by atoms with E-state index in [2.05, 4.69) is 41.8 Å². The van der Waals surface area contributed by atoms with Crippen LogP contribution >= 0.6 is 0 Å². The molecular weight excluding hydrogens is 208 g/mol. The van der Waals surface area contributed by atoms with Gasteiger partial charge in [-0.3, -0.25) is 4.90 Å². The Morgan fingerprint density at radius 2 is 2.06 bits per heavy atom.